The molecule has 0 atom stereocenters. The number of ether oxygens (including phenoxy) is 1. The van der Waals surface area contributed by atoms with Gasteiger partial charge in [0, 0.05) is 19.1 Å². The number of methoxy groups -OCH3 is 1. The summed E-state index contributed by atoms with van der Waals surface area (Å²) in [5.41, 5.74) is -0.0128. The number of hydrogen-bond donors (Lipinski definition) is 1. The molecule has 0 aliphatic rings. The maximum atomic E-state index is 11.4. The molecule has 0 spiro atoms. The van der Waals surface area contributed by atoms with E-state index < -0.39 is 17.4 Å². The van der Waals surface area contributed by atoms with Crippen LogP contribution in [0.5, 0.6) is 0 Å². The number of nitrogens with one attached hydrogen (secondary N) is 1. The Hall–Kier alpha value is -2.70. The first kappa shape index (κ1) is 12.7. The van der Waals surface area contributed by atoms with Crippen LogP contribution < -0.4 is 10.3 Å². The van der Waals surface area contributed by atoms with Crippen molar-refractivity contribution in [2.45, 2.75) is 6.92 Å². The second-order valence-corrected chi connectivity index (χ2v) is 3.76. The topological polar surface area (TPSA) is 93.2 Å². The van der Waals surface area contributed by atoms with Gasteiger partial charge in [0.2, 0.25) is 11.5 Å². The summed E-state index contributed by atoms with van der Waals surface area (Å²) in [6.07, 6.45) is 0. The van der Waals surface area contributed by atoms with Crippen molar-refractivity contribution < 1.29 is 23.5 Å². The summed E-state index contributed by atoms with van der Waals surface area (Å²) >= 11 is 0. The average Bonchev–Trinajstić information content (AvgIpc) is 2.80. The zero-order valence-corrected chi connectivity index (χ0v) is 10.3. The number of carbonyl (C=O) groups excluding carboxylic acids is 2. The van der Waals surface area contributed by atoms with Gasteiger partial charge < -0.3 is 4.74 Å². The van der Waals surface area contributed by atoms with Crippen molar-refractivity contribution in [3.63, 3.8) is 0 Å². The minimum atomic E-state index is -0.746. The van der Waals surface area contributed by atoms with Crippen LogP contribution in [-0.4, -0.2) is 24.1 Å². The smallest absolute Gasteiger partial charge is 0.438 e. The maximum Gasteiger partial charge on any atom is 0.438 e. The highest BCUT2D eigenvalue weighted by atomic mass is 16.5. The molecule has 7 heteroatoms. The lowest BCUT2D eigenvalue weighted by atomic mass is 10.2. The Morgan fingerprint density at radius 2 is 1.89 bits per heavy atom. The first-order valence-corrected chi connectivity index (χ1v) is 5.38. The summed E-state index contributed by atoms with van der Waals surface area (Å²) in [6, 6.07) is 6.15. The van der Waals surface area contributed by atoms with Crippen LogP contribution in [0.2, 0.25) is 0 Å². The quantitative estimate of drug-likeness (QED) is 0.486. The summed E-state index contributed by atoms with van der Waals surface area (Å²) < 4.78 is 10.4. The zero-order valence-electron chi connectivity index (χ0n) is 10.3. The van der Waals surface area contributed by atoms with Crippen LogP contribution in [0.15, 0.2) is 33.6 Å². The van der Waals surface area contributed by atoms with Gasteiger partial charge in [-0.05, 0) is 22.1 Å². The number of carbonyl (C=O) groups is 2. The predicted molar refractivity (Wildman–Crippen MR) is 62.2 cm³/mol. The van der Waals surface area contributed by atoms with Gasteiger partial charge >= 0.3 is 17.3 Å². The van der Waals surface area contributed by atoms with Crippen LogP contribution >= 0.6 is 0 Å². The fraction of sp³-hybridized carbons (Fsp3) is 0.167. The Morgan fingerprint density at radius 3 is 2.42 bits per heavy atom. The van der Waals surface area contributed by atoms with Gasteiger partial charge in [-0.3, -0.25) is 9.32 Å². The molecule has 0 radical (unpaired) electrons. The Bertz CT molecular complexity index is 681. The third kappa shape index (κ3) is 2.30. The zero-order chi connectivity index (χ0) is 14.0. The number of hydrogen-bond acceptors (Lipinski definition) is 5. The Balaban J connectivity index is 2.46. The molecule has 0 saturated heterocycles. The number of ketones is 1. The van der Waals surface area contributed by atoms with Gasteiger partial charge in [0.25, 0.3) is 0 Å². The molecule has 19 heavy (non-hydrogen) atoms. The molecule has 0 amide bonds. The van der Waals surface area contributed by atoms with Crippen molar-refractivity contribution in [1.82, 2.24) is 5.27 Å². The molecule has 2 rings (SSSR count). The first-order chi connectivity index (χ1) is 9.04. The molecule has 0 fully saturated rings. The third-order valence-corrected chi connectivity index (χ3v) is 2.53. The van der Waals surface area contributed by atoms with Crippen LogP contribution in [-0.2, 0) is 4.74 Å². The summed E-state index contributed by atoms with van der Waals surface area (Å²) in [5.74, 6) is -0.893. The normalized spacial score (nSPS) is 10.2. The van der Waals surface area contributed by atoms with Crippen molar-refractivity contribution in [2.24, 2.45) is 0 Å². The molecule has 1 aromatic carbocycles. The van der Waals surface area contributed by atoms with Crippen LogP contribution in [0.3, 0.4) is 0 Å². The van der Waals surface area contributed by atoms with Crippen LogP contribution in [0, 0.1) is 0 Å². The van der Waals surface area contributed by atoms with E-state index in [4.69, 9.17) is 0 Å². The lowest BCUT2D eigenvalue weighted by Crippen LogP contribution is -2.40. The Labute approximate surface area is 107 Å². The SMILES string of the molecule is COC(=O)c1ccc(-[n+]2[nH]oc(=O)c2C(C)=O)cc1. The minimum absolute atomic E-state index is 0.120. The number of esters is 1. The molecular formula is C12H11N2O5+. The van der Waals surface area contributed by atoms with Crippen molar-refractivity contribution in [2.75, 3.05) is 7.11 Å². The van der Waals surface area contributed by atoms with Crippen LogP contribution in [0.25, 0.3) is 5.69 Å². The van der Waals surface area contributed by atoms with E-state index in [0.717, 1.165) is 0 Å². The van der Waals surface area contributed by atoms with Gasteiger partial charge in [0.1, 0.15) is 0 Å². The predicted octanol–water partition coefficient (Wildman–Crippen LogP) is 0.234. The van der Waals surface area contributed by atoms with E-state index in [1.54, 1.807) is 12.1 Å². The molecule has 0 bridgehead atoms. The molecule has 2 aromatic rings. The number of rotatable bonds is 3. The van der Waals surface area contributed by atoms with Crippen molar-refractivity contribution in [3.8, 4) is 5.69 Å². The van der Waals surface area contributed by atoms with E-state index in [-0.39, 0.29) is 5.69 Å². The standard InChI is InChI=1S/C12H10N2O5/c1-7(15)10-12(17)19-13-14(10)9-5-3-8(4-6-9)11(16)18-2/h3-6H,1-2H3/p+1. The van der Waals surface area contributed by atoms with Crippen LogP contribution in [0.1, 0.15) is 27.8 Å². The van der Waals surface area contributed by atoms with Crippen molar-refractivity contribution in [3.05, 3.63) is 45.9 Å². The summed E-state index contributed by atoms with van der Waals surface area (Å²) in [5, 5.41) is 2.33. The van der Waals surface area contributed by atoms with Crippen LogP contribution in [0.4, 0.5) is 0 Å². The molecule has 0 aliphatic heterocycles. The molecule has 1 heterocycles. The third-order valence-electron chi connectivity index (χ3n) is 2.53. The minimum Gasteiger partial charge on any atom is -0.465 e. The second-order valence-electron chi connectivity index (χ2n) is 3.76. The van der Waals surface area contributed by atoms with E-state index in [0.29, 0.717) is 11.3 Å². The van der Waals surface area contributed by atoms with Gasteiger partial charge in [-0.15, -0.1) is 0 Å². The van der Waals surface area contributed by atoms with E-state index in [9.17, 15) is 14.4 Å². The monoisotopic (exact) mass is 263 g/mol. The number of benzene rings is 1. The first-order valence-electron chi connectivity index (χ1n) is 5.38. The Kier molecular flexibility index (Phi) is 3.28. The molecule has 0 unspecified atom stereocenters. The molecule has 1 N–H and O–H groups in total. The summed E-state index contributed by atoms with van der Waals surface area (Å²) in [4.78, 5) is 34.0. The van der Waals surface area contributed by atoms with E-state index in [1.165, 1.54) is 30.8 Å². The number of aromatic amines is 1. The highest BCUT2D eigenvalue weighted by Gasteiger charge is 2.27. The fourth-order valence-electron chi connectivity index (χ4n) is 1.62. The van der Waals surface area contributed by atoms with Gasteiger partial charge in [0.15, 0.2) is 0 Å². The van der Waals surface area contributed by atoms with E-state index in [2.05, 4.69) is 14.5 Å². The van der Waals surface area contributed by atoms with Gasteiger partial charge in [-0.2, -0.15) is 0 Å². The summed E-state index contributed by atoms with van der Waals surface area (Å²) in [6.45, 7) is 1.26. The average molecular weight is 263 g/mol. The lowest BCUT2D eigenvalue weighted by molar-refractivity contribution is -0.672. The number of nitrogens with zero attached hydrogens (tertiary/aromatic N) is 1. The fourth-order valence-corrected chi connectivity index (χ4v) is 1.62. The molecular weight excluding hydrogens is 252 g/mol. The number of Topliss-reactive ketones (excluding diaryl/α,β-unsaturated/α-hetero) is 1. The second kappa shape index (κ2) is 4.89. The van der Waals surface area contributed by atoms with E-state index in [1.807, 2.05) is 0 Å². The van der Waals surface area contributed by atoms with Gasteiger partial charge in [-0.25, -0.2) is 9.59 Å². The number of aromatic nitrogens is 2. The van der Waals surface area contributed by atoms with Crippen molar-refractivity contribution in [1.29, 1.82) is 0 Å². The molecule has 7 nitrogen and oxygen atoms in total. The molecule has 1 aromatic heterocycles. The Morgan fingerprint density at radius 1 is 1.26 bits per heavy atom. The largest absolute Gasteiger partial charge is 0.465 e. The van der Waals surface area contributed by atoms with Crippen molar-refractivity contribution >= 4 is 11.8 Å². The molecule has 0 aliphatic carbocycles. The highest BCUT2D eigenvalue weighted by Crippen LogP contribution is 2.05. The van der Waals surface area contributed by atoms with Gasteiger partial charge in [-0.1, -0.05) is 0 Å². The lowest BCUT2D eigenvalue weighted by Gasteiger charge is -1.97. The van der Waals surface area contributed by atoms with E-state index >= 15 is 0 Å². The summed E-state index contributed by atoms with van der Waals surface area (Å²) in [7, 11) is 1.28. The highest BCUT2D eigenvalue weighted by molar-refractivity contribution is 5.90. The number of H-pyrrole nitrogens is 1. The molecule has 98 valence electrons. The van der Waals surface area contributed by atoms with Gasteiger partial charge in [0.05, 0.1) is 12.7 Å². The maximum absolute atomic E-state index is 11.4. The molecule has 0 saturated carbocycles.